The summed E-state index contributed by atoms with van der Waals surface area (Å²) in [6, 6.07) is 21.2. The predicted octanol–water partition coefficient (Wildman–Crippen LogP) is 4.92. The van der Waals surface area contributed by atoms with Crippen molar-refractivity contribution < 1.29 is 19.5 Å². The number of benzene rings is 3. The van der Waals surface area contributed by atoms with E-state index in [9.17, 15) is 19.5 Å². The second-order valence-corrected chi connectivity index (χ2v) is 7.75. The van der Waals surface area contributed by atoms with E-state index in [2.05, 4.69) is 5.32 Å². The van der Waals surface area contributed by atoms with Gasteiger partial charge in [0.2, 0.25) is 5.91 Å². The van der Waals surface area contributed by atoms with Crippen molar-refractivity contribution in [3.8, 4) is 0 Å². The summed E-state index contributed by atoms with van der Waals surface area (Å²) in [7, 11) is 0. The van der Waals surface area contributed by atoms with Gasteiger partial charge in [0.25, 0.3) is 11.7 Å². The quantitative estimate of drug-likeness (QED) is 0.338. The van der Waals surface area contributed by atoms with Gasteiger partial charge in [-0.05, 0) is 54.1 Å². The average molecular weight is 447 g/mol. The van der Waals surface area contributed by atoms with Crippen LogP contribution >= 0.6 is 11.6 Å². The number of aliphatic hydroxyl groups excluding tert-OH is 1. The summed E-state index contributed by atoms with van der Waals surface area (Å²) >= 11 is 5.95. The van der Waals surface area contributed by atoms with Crippen LogP contribution in [0.5, 0.6) is 0 Å². The van der Waals surface area contributed by atoms with E-state index in [1.165, 1.54) is 11.8 Å². The minimum atomic E-state index is -0.821. The van der Waals surface area contributed by atoms with Crippen molar-refractivity contribution >= 4 is 46.3 Å². The normalized spacial score (nSPS) is 17.4. The Balaban J connectivity index is 1.85. The van der Waals surface area contributed by atoms with Crippen molar-refractivity contribution in [1.29, 1.82) is 0 Å². The molecule has 0 aromatic heterocycles. The largest absolute Gasteiger partial charge is 0.507 e. The van der Waals surface area contributed by atoms with Gasteiger partial charge in [0.15, 0.2) is 0 Å². The molecule has 0 saturated carbocycles. The van der Waals surface area contributed by atoms with Gasteiger partial charge in [0.05, 0.1) is 11.6 Å². The SMILES string of the molecule is CC(=O)Nc1ccc(N2C(=O)C(=O)C(=C(O)c3ccc(Cl)cc3)[C@H]2c2ccccc2)cc1. The summed E-state index contributed by atoms with van der Waals surface area (Å²) in [5.41, 5.74) is 2.08. The average Bonchev–Trinajstić information content (AvgIpc) is 3.05. The molecule has 160 valence electrons. The molecule has 1 fully saturated rings. The lowest BCUT2D eigenvalue weighted by molar-refractivity contribution is -0.132. The number of ketones is 1. The summed E-state index contributed by atoms with van der Waals surface area (Å²) in [6.07, 6.45) is 0. The first-order valence-corrected chi connectivity index (χ1v) is 10.2. The van der Waals surface area contributed by atoms with Gasteiger partial charge in [-0.15, -0.1) is 0 Å². The zero-order chi connectivity index (χ0) is 22.8. The molecule has 0 bridgehead atoms. The van der Waals surface area contributed by atoms with Crippen molar-refractivity contribution in [1.82, 2.24) is 0 Å². The van der Waals surface area contributed by atoms with Gasteiger partial charge < -0.3 is 10.4 Å². The van der Waals surface area contributed by atoms with Crippen molar-refractivity contribution in [3.05, 3.63) is 101 Å². The molecule has 1 atom stereocenters. The van der Waals surface area contributed by atoms with Gasteiger partial charge >= 0.3 is 0 Å². The number of hydrogen-bond donors (Lipinski definition) is 2. The maximum atomic E-state index is 13.1. The number of Topliss-reactive ketones (excluding diaryl/α,β-unsaturated/α-hetero) is 1. The Hall–Kier alpha value is -3.90. The number of amides is 2. The van der Waals surface area contributed by atoms with Crippen molar-refractivity contribution in [3.63, 3.8) is 0 Å². The van der Waals surface area contributed by atoms with Crippen LogP contribution in [0.3, 0.4) is 0 Å². The summed E-state index contributed by atoms with van der Waals surface area (Å²) < 4.78 is 0. The highest BCUT2D eigenvalue weighted by atomic mass is 35.5. The monoisotopic (exact) mass is 446 g/mol. The van der Waals surface area contributed by atoms with E-state index in [1.54, 1.807) is 72.8 Å². The van der Waals surface area contributed by atoms with Gasteiger partial charge in [-0.25, -0.2) is 0 Å². The highest BCUT2D eigenvalue weighted by Crippen LogP contribution is 2.42. The van der Waals surface area contributed by atoms with Gasteiger partial charge in [-0.2, -0.15) is 0 Å². The zero-order valence-electron chi connectivity index (χ0n) is 17.1. The summed E-state index contributed by atoms with van der Waals surface area (Å²) in [5, 5.41) is 14.2. The summed E-state index contributed by atoms with van der Waals surface area (Å²) in [6.45, 7) is 1.40. The molecule has 2 amide bonds. The molecular formula is C25H19ClN2O4. The van der Waals surface area contributed by atoms with Gasteiger partial charge in [0.1, 0.15) is 5.76 Å². The predicted molar refractivity (Wildman–Crippen MR) is 123 cm³/mol. The number of nitrogens with one attached hydrogen (secondary N) is 1. The molecule has 6 nitrogen and oxygen atoms in total. The number of rotatable bonds is 4. The molecule has 0 unspecified atom stereocenters. The molecule has 1 aliphatic heterocycles. The lowest BCUT2D eigenvalue weighted by atomic mass is 9.95. The second kappa shape index (κ2) is 8.69. The number of anilines is 2. The molecule has 3 aromatic rings. The highest BCUT2D eigenvalue weighted by Gasteiger charge is 2.46. The van der Waals surface area contributed by atoms with E-state index in [1.807, 2.05) is 6.07 Å². The molecule has 0 aliphatic carbocycles. The third-order valence-electron chi connectivity index (χ3n) is 5.14. The molecule has 32 heavy (non-hydrogen) atoms. The maximum Gasteiger partial charge on any atom is 0.300 e. The fourth-order valence-corrected chi connectivity index (χ4v) is 3.85. The molecule has 0 spiro atoms. The standard InChI is InChI=1S/C25H19ClN2O4/c1-15(29)27-19-11-13-20(14-12-19)28-22(16-5-3-2-4-6-16)21(24(31)25(28)32)23(30)17-7-9-18(26)10-8-17/h2-14,22,30H,1H3,(H,27,29)/t22-/m1/s1. The van der Waals surface area contributed by atoms with Gasteiger partial charge in [0, 0.05) is 28.9 Å². The molecule has 1 aliphatic rings. The van der Waals surface area contributed by atoms with Gasteiger partial charge in [-0.3, -0.25) is 19.3 Å². The highest BCUT2D eigenvalue weighted by molar-refractivity contribution is 6.51. The van der Waals surface area contributed by atoms with E-state index in [4.69, 9.17) is 11.6 Å². The van der Waals surface area contributed by atoms with Crippen LogP contribution in [0.1, 0.15) is 24.1 Å². The second-order valence-electron chi connectivity index (χ2n) is 7.31. The zero-order valence-corrected chi connectivity index (χ0v) is 17.8. The Labute approximate surface area is 189 Å². The first kappa shape index (κ1) is 21.3. The lowest BCUT2D eigenvalue weighted by Gasteiger charge is -2.25. The number of nitrogens with zero attached hydrogens (tertiary/aromatic N) is 1. The van der Waals surface area contributed by atoms with Crippen molar-refractivity contribution in [2.45, 2.75) is 13.0 Å². The fourth-order valence-electron chi connectivity index (χ4n) is 3.72. The third-order valence-corrected chi connectivity index (χ3v) is 5.40. The van der Waals surface area contributed by atoms with E-state index in [0.717, 1.165) is 0 Å². The Bertz CT molecular complexity index is 1220. The Morgan fingerprint density at radius 1 is 0.938 bits per heavy atom. The van der Waals surface area contributed by atoms with Crippen LogP contribution in [0.25, 0.3) is 5.76 Å². The lowest BCUT2D eigenvalue weighted by Crippen LogP contribution is -2.29. The van der Waals surface area contributed by atoms with Crippen molar-refractivity contribution in [2.24, 2.45) is 0 Å². The van der Waals surface area contributed by atoms with Crippen LogP contribution < -0.4 is 10.2 Å². The van der Waals surface area contributed by atoms with E-state index in [-0.39, 0.29) is 17.2 Å². The minimum Gasteiger partial charge on any atom is -0.507 e. The first-order valence-electron chi connectivity index (χ1n) is 9.86. The van der Waals surface area contributed by atoms with Crippen LogP contribution in [0.15, 0.2) is 84.4 Å². The number of carbonyl (C=O) groups is 3. The van der Waals surface area contributed by atoms with E-state index >= 15 is 0 Å². The molecule has 0 radical (unpaired) electrons. The van der Waals surface area contributed by atoms with Crippen molar-refractivity contribution in [2.75, 3.05) is 10.2 Å². The van der Waals surface area contributed by atoms with E-state index < -0.39 is 17.7 Å². The third kappa shape index (κ3) is 4.00. The molecule has 4 rings (SSSR count). The van der Waals surface area contributed by atoms with Gasteiger partial charge in [-0.1, -0.05) is 41.9 Å². The molecule has 7 heteroatoms. The summed E-state index contributed by atoms with van der Waals surface area (Å²) in [4.78, 5) is 38.8. The summed E-state index contributed by atoms with van der Waals surface area (Å²) in [5.74, 6) is -2.02. The molecule has 1 saturated heterocycles. The number of hydrogen-bond acceptors (Lipinski definition) is 4. The topological polar surface area (TPSA) is 86.7 Å². The van der Waals surface area contributed by atoms with Crippen LogP contribution in [0.2, 0.25) is 5.02 Å². The molecule has 3 aromatic carbocycles. The van der Waals surface area contributed by atoms with Crippen LogP contribution in [0.4, 0.5) is 11.4 Å². The number of halogens is 1. The Kier molecular flexibility index (Phi) is 5.79. The smallest absolute Gasteiger partial charge is 0.300 e. The Morgan fingerprint density at radius 2 is 1.56 bits per heavy atom. The molecular weight excluding hydrogens is 428 g/mol. The van der Waals surface area contributed by atoms with Crippen LogP contribution in [-0.4, -0.2) is 22.7 Å². The maximum absolute atomic E-state index is 13.1. The van der Waals surface area contributed by atoms with Crippen LogP contribution in [0, 0.1) is 0 Å². The Morgan fingerprint density at radius 3 is 2.16 bits per heavy atom. The number of carbonyl (C=O) groups excluding carboxylic acids is 3. The fraction of sp³-hybridized carbons (Fsp3) is 0.0800. The molecule has 2 N–H and O–H groups in total. The first-order chi connectivity index (χ1) is 15.4. The number of aliphatic hydroxyl groups is 1. The van der Waals surface area contributed by atoms with Crippen LogP contribution in [-0.2, 0) is 14.4 Å². The molecule has 1 heterocycles. The minimum absolute atomic E-state index is 0.00513. The van der Waals surface area contributed by atoms with E-state index in [0.29, 0.717) is 27.5 Å².